The van der Waals surface area contributed by atoms with Crippen LogP contribution in [0.2, 0.25) is 0 Å². The number of aromatic amines is 1. The molecule has 0 unspecified atom stereocenters. The van der Waals surface area contributed by atoms with Crippen LogP contribution in [0, 0.1) is 19.7 Å². The molecule has 0 aliphatic carbocycles. The highest BCUT2D eigenvalue weighted by Crippen LogP contribution is 2.22. The highest BCUT2D eigenvalue weighted by molar-refractivity contribution is 5.85. The average molecular weight is 163 g/mol. The van der Waals surface area contributed by atoms with Crippen molar-refractivity contribution in [3.8, 4) is 0 Å². The smallest absolute Gasteiger partial charge is 0.128 e. The molecule has 0 bridgehead atoms. The number of aromatic nitrogens is 1. The first-order valence-electron chi connectivity index (χ1n) is 3.93. The fraction of sp³-hybridized carbons (Fsp3) is 0.200. The normalized spacial score (nSPS) is 10.9. The first kappa shape index (κ1) is 7.35. The quantitative estimate of drug-likeness (QED) is 0.614. The van der Waals surface area contributed by atoms with Gasteiger partial charge in [0.2, 0.25) is 0 Å². The molecular formula is C10H10FN. The first-order chi connectivity index (χ1) is 5.70. The van der Waals surface area contributed by atoms with Gasteiger partial charge in [0.05, 0.1) is 5.52 Å². The van der Waals surface area contributed by atoms with Crippen LogP contribution in [0.15, 0.2) is 18.3 Å². The summed E-state index contributed by atoms with van der Waals surface area (Å²) in [4.78, 5) is 3.03. The van der Waals surface area contributed by atoms with Gasteiger partial charge in [-0.1, -0.05) is 0 Å². The predicted molar refractivity (Wildman–Crippen MR) is 47.7 cm³/mol. The van der Waals surface area contributed by atoms with E-state index in [0.717, 1.165) is 16.5 Å². The highest BCUT2D eigenvalue weighted by atomic mass is 19.1. The van der Waals surface area contributed by atoms with Gasteiger partial charge in [0.15, 0.2) is 0 Å². The molecule has 1 aromatic carbocycles. The summed E-state index contributed by atoms with van der Waals surface area (Å²) in [6, 6.07) is 3.54. The van der Waals surface area contributed by atoms with Gasteiger partial charge < -0.3 is 4.98 Å². The summed E-state index contributed by atoms with van der Waals surface area (Å²) in [7, 11) is 0. The standard InChI is InChI=1S/C10H10FN/c1-6-5-9(11)7(2)10-8(6)3-4-12-10/h3-5,12H,1-2H3. The van der Waals surface area contributed by atoms with Crippen molar-refractivity contribution in [2.75, 3.05) is 0 Å². The molecule has 2 heteroatoms. The number of hydrogen-bond donors (Lipinski definition) is 1. The summed E-state index contributed by atoms with van der Waals surface area (Å²) in [5.74, 6) is -0.137. The number of halogens is 1. The van der Waals surface area contributed by atoms with Crippen LogP contribution >= 0.6 is 0 Å². The van der Waals surface area contributed by atoms with Crippen LogP contribution in [0.5, 0.6) is 0 Å². The van der Waals surface area contributed by atoms with E-state index in [2.05, 4.69) is 4.98 Å². The minimum absolute atomic E-state index is 0.137. The second-order valence-corrected chi connectivity index (χ2v) is 3.07. The fourth-order valence-corrected chi connectivity index (χ4v) is 1.50. The maximum atomic E-state index is 13.2. The Kier molecular flexibility index (Phi) is 1.43. The van der Waals surface area contributed by atoms with Crippen molar-refractivity contribution in [3.63, 3.8) is 0 Å². The van der Waals surface area contributed by atoms with Crippen molar-refractivity contribution >= 4 is 10.9 Å². The predicted octanol–water partition coefficient (Wildman–Crippen LogP) is 2.92. The third-order valence-electron chi connectivity index (χ3n) is 2.25. The van der Waals surface area contributed by atoms with Gasteiger partial charge in [-0.25, -0.2) is 4.39 Å². The van der Waals surface area contributed by atoms with Crippen LogP contribution in [-0.2, 0) is 0 Å². The number of fused-ring (bicyclic) bond motifs is 1. The number of hydrogen-bond acceptors (Lipinski definition) is 0. The lowest BCUT2D eigenvalue weighted by molar-refractivity contribution is 0.619. The lowest BCUT2D eigenvalue weighted by Gasteiger charge is -2.01. The Morgan fingerprint density at radius 3 is 2.83 bits per heavy atom. The van der Waals surface area contributed by atoms with E-state index in [0.29, 0.717) is 5.56 Å². The lowest BCUT2D eigenvalue weighted by atomic mass is 10.1. The van der Waals surface area contributed by atoms with Crippen LogP contribution in [-0.4, -0.2) is 4.98 Å². The van der Waals surface area contributed by atoms with Gasteiger partial charge in [-0.2, -0.15) is 0 Å². The highest BCUT2D eigenvalue weighted by Gasteiger charge is 2.06. The molecule has 0 spiro atoms. The molecule has 0 aliphatic rings. The Bertz CT molecular complexity index is 429. The third kappa shape index (κ3) is 0.843. The zero-order valence-electron chi connectivity index (χ0n) is 7.11. The van der Waals surface area contributed by atoms with E-state index < -0.39 is 0 Å². The van der Waals surface area contributed by atoms with Crippen molar-refractivity contribution in [2.24, 2.45) is 0 Å². The second kappa shape index (κ2) is 2.34. The molecule has 12 heavy (non-hydrogen) atoms. The molecule has 2 rings (SSSR count). The van der Waals surface area contributed by atoms with E-state index >= 15 is 0 Å². The zero-order valence-corrected chi connectivity index (χ0v) is 7.11. The maximum Gasteiger partial charge on any atom is 0.128 e. The molecule has 0 saturated heterocycles. The van der Waals surface area contributed by atoms with Gasteiger partial charge in [0, 0.05) is 17.1 Å². The van der Waals surface area contributed by atoms with Crippen molar-refractivity contribution in [3.05, 3.63) is 35.3 Å². The fourth-order valence-electron chi connectivity index (χ4n) is 1.50. The number of aryl methyl sites for hydroxylation is 2. The Morgan fingerprint density at radius 1 is 1.33 bits per heavy atom. The van der Waals surface area contributed by atoms with Crippen LogP contribution < -0.4 is 0 Å². The van der Waals surface area contributed by atoms with Gasteiger partial charge in [0.25, 0.3) is 0 Å². The molecular weight excluding hydrogens is 153 g/mol. The molecule has 0 amide bonds. The van der Waals surface area contributed by atoms with Gasteiger partial charge in [-0.15, -0.1) is 0 Å². The summed E-state index contributed by atoms with van der Waals surface area (Å²) >= 11 is 0. The van der Waals surface area contributed by atoms with Crippen LogP contribution in [0.3, 0.4) is 0 Å². The second-order valence-electron chi connectivity index (χ2n) is 3.07. The van der Waals surface area contributed by atoms with Crippen molar-refractivity contribution in [1.82, 2.24) is 4.98 Å². The molecule has 0 atom stereocenters. The Morgan fingerprint density at radius 2 is 2.08 bits per heavy atom. The number of nitrogens with one attached hydrogen (secondary N) is 1. The van der Waals surface area contributed by atoms with Gasteiger partial charge >= 0.3 is 0 Å². The lowest BCUT2D eigenvalue weighted by Crippen LogP contribution is -1.86. The van der Waals surface area contributed by atoms with E-state index in [1.807, 2.05) is 19.2 Å². The van der Waals surface area contributed by atoms with Crippen LogP contribution in [0.4, 0.5) is 4.39 Å². The largest absolute Gasteiger partial charge is 0.361 e. The Hall–Kier alpha value is -1.31. The topological polar surface area (TPSA) is 15.8 Å². The monoisotopic (exact) mass is 163 g/mol. The molecule has 0 fully saturated rings. The van der Waals surface area contributed by atoms with E-state index in [4.69, 9.17) is 0 Å². The zero-order chi connectivity index (χ0) is 8.72. The van der Waals surface area contributed by atoms with E-state index in [-0.39, 0.29) is 5.82 Å². The number of H-pyrrole nitrogens is 1. The minimum Gasteiger partial charge on any atom is -0.361 e. The third-order valence-corrected chi connectivity index (χ3v) is 2.25. The Labute approximate surface area is 70.2 Å². The minimum atomic E-state index is -0.137. The van der Waals surface area contributed by atoms with E-state index in [1.165, 1.54) is 0 Å². The summed E-state index contributed by atoms with van der Waals surface area (Å²) in [6.45, 7) is 3.70. The molecule has 1 N–H and O–H groups in total. The van der Waals surface area contributed by atoms with Crippen molar-refractivity contribution in [2.45, 2.75) is 13.8 Å². The molecule has 0 saturated carbocycles. The average Bonchev–Trinajstić information content (AvgIpc) is 2.48. The van der Waals surface area contributed by atoms with Gasteiger partial charge in [0.1, 0.15) is 5.82 Å². The van der Waals surface area contributed by atoms with Gasteiger partial charge in [-0.05, 0) is 31.5 Å². The number of rotatable bonds is 0. The van der Waals surface area contributed by atoms with E-state index in [9.17, 15) is 4.39 Å². The van der Waals surface area contributed by atoms with Crippen LogP contribution in [0.1, 0.15) is 11.1 Å². The summed E-state index contributed by atoms with van der Waals surface area (Å²) in [6.07, 6.45) is 1.84. The van der Waals surface area contributed by atoms with Crippen molar-refractivity contribution < 1.29 is 4.39 Å². The van der Waals surface area contributed by atoms with Crippen molar-refractivity contribution in [1.29, 1.82) is 0 Å². The molecule has 1 aromatic heterocycles. The summed E-state index contributed by atoms with van der Waals surface area (Å²) in [5, 5.41) is 1.11. The molecule has 1 nitrogen and oxygen atoms in total. The van der Waals surface area contributed by atoms with Gasteiger partial charge in [-0.3, -0.25) is 0 Å². The maximum absolute atomic E-state index is 13.2. The first-order valence-corrected chi connectivity index (χ1v) is 3.93. The SMILES string of the molecule is Cc1cc(F)c(C)c2[nH]ccc12. The molecule has 0 aliphatic heterocycles. The van der Waals surface area contributed by atoms with Crippen LogP contribution in [0.25, 0.3) is 10.9 Å². The summed E-state index contributed by atoms with van der Waals surface area (Å²) < 4.78 is 13.2. The molecule has 62 valence electrons. The molecule has 1 heterocycles. The Balaban J connectivity index is 2.97. The van der Waals surface area contributed by atoms with E-state index in [1.54, 1.807) is 13.0 Å². The molecule has 0 radical (unpaired) electrons. The summed E-state index contributed by atoms with van der Waals surface area (Å²) in [5.41, 5.74) is 2.59. The number of benzene rings is 1. The molecule has 2 aromatic rings.